The van der Waals surface area contributed by atoms with E-state index in [0.29, 0.717) is 53.1 Å². The molecule has 224 valence electrons. The highest BCUT2D eigenvalue weighted by molar-refractivity contribution is 5.73. The molecule has 1 heterocycles. The zero-order chi connectivity index (χ0) is 30.9. The second kappa shape index (κ2) is 12.1. The molecule has 1 saturated carbocycles. The van der Waals surface area contributed by atoms with E-state index in [1.807, 2.05) is 72.8 Å². The summed E-state index contributed by atoms with van der Waals surface area (Å²) in [7, 11) is 0. The van der Waals surface area contributed by atoms with Crippen molar-refractivity contribution in [3.63, 3.8) is 0 Å². The van der Waals surface area contributed by atoms with Crippen LogP contribution in [0.5, 0.6) is 11.5 Å². The summed E-state index contributed by atoms with van der Waals surface area (Å²) in [6.07, 6.45) is 7.10. The maximum absolute atomic E-state index is 11.2. The number of hydrogen-bond donors (Lipinski definition) is 1. The van der Waals surface area contributed by atoms with Crippen molar-refractivity contribution >= 4 is 0 Å². The van der Waals surface area contributed by atoms with E-state index in [2.05, 4.69) is 60.7 Å². The molecule has 5 aromatic carbocycles. The highest BCUT2D eigenvalue weighted by Crippen LogP contribution is 2.43. The van der Waals surface area contributed by atoms with E-state index in [0.717, 1.165) is 33.4 Å². The first-order chi connectivity index (χ1) is 22.7. The van der Waals surface area contributed by atoms with Crippen molar-refractivity contribution in [2.75, 3.05) is 6.61 Å². The lowest BCUT2D eigenvalue weighted by molar-refractivity contribution is 0.227. The first-order valence-corrected chi connectivity index (χ1v) is 15.9. The van der Waals surface area contributed by atoms with Crippen LogP contribution in [-0.2, 0) is 0 Å². The molecule has 2 aliphatic rings. The summed E-state index contributed by atoms with van der Waals surface area (Å²) >= 11 is 0. The van der Waals surface area contributed by atoms with Gasteiger partial charge in [-0.25, -0.2) is 15.0 Å². The standard InChI is InChI=1S/C41H33N3O2/c45-38-25-36(46-26-35-24-27-11-12-34(35)23-27)21-22-37(38)41-43-39(32-17-13-30(14-18-32)28-7-3-1-4-8-28)42-40(44-41)33-19-15-31(16-20-33)29-9-5-2-6-10-29/h1-22,25,27,34-35,45H,23-24,26H2. The van der Waals surface area contributed by atoms with Crippen molar-refractivity contribution in [1.29, 1.82) is 0 Å². The fraction of sp³-hybridized carbons (Fsp3) is 0.146. The highest BCUT2D eigenvalue weighted by atomic mass is 16.5. The van der Waals surface area contributed by atoms with Gasteiger partial charge in [0.2, 0.25) is 0 Å². The normalized spacial score (nSPS) is 18.1. The van der Waals surface area contributed by atoms with Crippen molar-refractivity contribution in [2.45, 2.75) is 12.8 Å². The molecule has 5 nitrogen and oxygen atoms in total. The number of phenolic OH excluding ortho intramolecular Hbond substituents is 1. The summed E-state index contributed by atoms with van der Waals surface area (Å²) in [4.78, 5) is 14.6. The molecule has 2 aliphatic carbocycles. The summed E-state index contributed by atoms with van der Waals surface area (Å²) < 4.78 is 6.15. The Morgan fingerprint density at radius 1 is 0.543 bits per heavy atom. The lowest BCUT2D eigenvalue weighted by Crippen LogP contribution is -2.16. The Morgan fingerprint density at radius 2 is 1.07 bits per heavy atom. The maximum Gasteiger partial charge on any atom is 0.167 e. The first kappa shape index (κ1) is 28.0. The third-order valence-corrected chi connectivity index (χ3v) is 9.23. The summed E-state index contributed by atoms with van der Waals surface area (Å²) in [5.41, 5.74) is 6.79. The van der Waals surface area contributed by atoms with Crippen molar-refractivity contribution in [2.24, 2.45) is 17.8 Å². The van der Waals surface area contributed by atoms with E-state index in [9.17, 15) is 5.11 Å². The monoisotopic (exact) mass is 599 g/mol. The summed E-state index contributed by atoms with van der Waals surface area (Å²) in [5, 5.41) is 11.2. The summed E-state index contributed by atoms with van der Waals surface area (Å²) in [5.74, 6) is 4.05. The molecule has 1 fully saturated rings. The van der Waals surface area contributed by atoms with Crippen molar-refractivity contribution in [3.05, 3.63) is 140 Å². The van der Waals surface area contributed by atoms with Crippen LogP contribution in [0.2, 0.25) is 0 Å². The number of aromatic nitrogens is 3. The molecular formula is C41H33N3O2. The van der Waals surface area contributed by atoms with Gasteiger partial charge >= 0.3 is 0 Å². The Morgan fingerprint density at radius 3 is 1.57 bits per heavy atom. The second-order valence-corrected chi connectivity index (χ2v) is 12.2. The van der Waals surface area contributed by atoms with E-state index in [1.165, 1.54) is 12.8 Å². The van der Waals surface area contributed by atoms with Gasteiger partial charge in [0.05, 0.1) is 12.2 Å². The number of rotatable bonds is 8. The molecule has 2 bridgehead atoms. The van der Waals surface area contributed by atoms with Crippen LogP contribution in [0.25, 0.3) is 56.4 Å². The first-order valence-electron chi connectivity index (χ1n) is 15.9. The van der Waals surface area contributed by atoms with Crippen molar-refractivity contribution < 1.29 is 9.84 Å². The Hall–Kier alpha value is -5.55. The molecule has 0 radical (unpaired) electrons. The van der Waals surface area contributed by atoms with E-state index >= 15 is 0 Å². The van der Waals surface area contributed by atoms with Gasteiger partial charge in [0.15, 0.2) is 17.5 Å². The van der Waals surface area contributed by atoms with Gasteiger partial charge in [0, 0.05) is 17.2 Å². The van der Waals surface area contributed by atoms with Gasteiger partial charge in [-0.1, -0.05) is 121 Å². The van der Waals surface area contributed by atoms with Crippen LogP contribution < -0.4 is 4.74 Å². The van der Waals surface area contributed by atoms with Crippen LogP contribution in [0, 0.1) is 17.8 Å². The van der Waals surface area contributed by atoms with E-state index in [4.69, 9.17) is 19.7 Å². The van der Waals surface area contributed by atoms with E-state index in [1.54, 1.807) is 6.07 Å². The number of nitrogens with zero attached hydrogens (tertiary/aromatic N) is 3. The molecule has 5 heteroatoms. The number of allylic oxidation sites excluding steroid dienone is 2. The fourth-order valence-electron chi connectivity index (χ4n) is 6.72. The molecule has 0 spiro atoms. The van der Waals surface area contributed by atoms with Crippen LogP contribution in [0.15, 0.2) is 140 Å². The number of aromatic hydroxyl groups is 1. The van der Waals surface area contributed by atoms with Gasteiger partial charge in [0.1, 0.15) is 11.5 Å². The van der Waals surface area contributed by atoms with Crippen LogP contribution in [-0.4, -0.2) is 26.7 Å². The number of fused-ring (bicyclic) bond motifs is 2. The zero-order valence-electron chi connectivity index (χ0n) is 25.3. The van der Waals surface area contributed by atoms with Crippen LogP contribution in [0.1, 0.15) is 12.8 Å². The zero-order valence-corrected chi connectivity index (χ0v) is 25.3. The minimum atomic E-state index is 0.0762. The van der Waals surface area contributed by atoms with Gasteiger partial charge in [-0.2, -0.15) is 0 Å². The average molecular weight is 600 g/mol. The molecule has 1 aromatic heterocycles. The highest BCUT2D eigenvalue weighted by Gasteiger charge is 2.35. The summed E-state index contributed by atoms with van der Waals surface area (Å²) in [6.45, 7) is 0.655. The van der Waals surface area contributed by atoms with E-state index < -0.39 is 0 Å². The number of phenols is 1. The second-order valence-electron chi connectivity index (χ2n) is 12.2. The number of hydrogen-bond acceptors (Lipinski definition) is 5. The minimum Gasteiger partial charge on any atom is -0.507 e. The van der Waals surface area contributed by atoms with Crippen molar-refractivity contribution in [1.82, 2.24) is 15.0 Å². The minimum absolute atomic E-state index is 0.0762. The van der Waals surface area contributed by atoms with Crippen LogP contribution >= 0.6 is 0 Å². The predicted octanol–water partition coefficient (Wildman–Crippen LogP) is 9.50. The van der Waals surface area contributed by atoms with Gasteiger partial charge in [-0.3, -0.25) is 0 Å². The molecule has 0 amide bonds. The average Bonchev–Trinajstić information content (AvgIpc) is 3.76. The molecule has 1 N–H and O–H groups in total. The number of benzene rings is 5. The molecule has 3 atom stereocenters. The number of ether oxygens (including phenoxy) is 1. The third kappa shape index (κ3) is 5.68. The smallest absolute Gasteiger partial charge is 0.167 e. The summed E-state index contributed by atoms with van der Waals surface area (Å²) in [6, 6.07) is 42.4. The fourth-order valence-corrected chi connectivity index (χ4v) is 6.72. The molecular weight excluding hydrogens is 566 g/mol. The molecule has 8 rings (SSSR count). The predicted molar refractivity (Wildman–Crippen MR) is 183 cm³/mol. The van der Waals surface area contributed by atoms with Crippen LogP contribution in [0.3, 0.4) is 0 Å². The largest absolute Gasteiger partial charge is 0.507 e. The molecule has 3 unspecified atom stereocenters. The quantitative estimate of drug-likeness (QED) is 0.177. The Kier molecular flexibility index (Phi) is 7.35. The Balaban J connectivity index is 1.13. The van der Waals surface area contributed by atoms with Crippen molar-refractivity contribution in [3.8, 4) is 67.9 Å². The third-order valence-electron chi connectivity index (χ3n) is 9.23. The van der Waals surface area contributed by atoms with Gasteiger partial charge in [-0.05, 0) is 65.0 Å². The lowest BCUT2D eigenvalue weighted by Gasteiger charge is -2.19. The van der Waals surface area contributed by atoms with Crippen LogP contribution in [0.4, 0.5) is 0 Å². The molecule has 46 heavy (non-hydrogen) atoms. The Bertz CT molecular complexity index is 1910. The molecule has 0 saturated heterocycles. The lowest BCUT2D eigenvalue weighted by atomic mass is 9.95. The van der Waals surface area contributed by atoms with Gasteiger partial charge < -0.3 is 9.84 Å². The van der Waals surface area contributed by atoms with Gasteiger partial charge in [-0.15, -0.1) is 0 Å². The SMILES string of the molecule is Oc1cc(OCC2CC3C=CC2C3)ccc1-c1nc(-c2ccc(-c3ccccc3)cc2)nc(-c2ccc(-c3ccccc3)cc2)n1. The van der Waals surface area contributed by atoms with Gasteiger partial charge in [0.25, 0.3) is 0 Å². The molecule has 6 aromatic rings. The van der Waals surface area contributed by atoms with E-state index in [-0.39, 0.29) is 5.75 Å². The Labute approximate surface area is 269 Å². The maximum atomic E-state index is 11.2. The molecule has 0 aliphatic heterocycles. The topological polar surface area (TPSA) is 68.1 Å².